The number of rotatable bonds is 6. The molecule has 6 heteroatoms. The normalized spacial score (nSPS) is 14.9. The van der Waals surface area contributed by atoms with E-state index in [9.17, 15) is 14.4 Å². The second-order valence-corrected chi connectivity index (χ2v) is 6.23. The Morgan fingerprint density at radius 3 is 2.54 bits per heavy atom. The molecule has 26 heavy (non-hydrogen) atoms. The van der Waals surface area contributed by atoms with E-state index in [2.05, 4.69) is 5.32 Å². The number of amides is 2. The molecule has 1 atom stereocenters. The van der Waals surface area contributed by atoms with E-state index in [1.807, 2.05) is 6.07 Å². The van der Waals surface area contributed by atoms with Crippen LogP contribution in [-0.2, 0) is 9.59 Å². The quantitative estimate of drug-likeness (QED) is 0.837. The third-order valence-electron chi connectivity index (χ3n) is 4.38. The molecule has 0 unspecified atom stereocenters. The van der Waals surface area contributed by atoms with Crippen molar-refractivity contribution in [1.82, 2.24) is 5.32 Å². The summed E-state index contributed by atoms with van der Waals surface area (Å²) in [6.45, 7) is 0.648. The lowest BCUT2D eigenvalue weighted by atomic mass is 10.0. The summed E-state index contributed by atoms with van der Waals surface area (Å²) < 4.78 is 0. The van der Waals surface area contributed by atoms with Crippen LogP contribution < -0.4 is 10.2 Å². The number of nitrogens with zero attached hydrogens (tertiary/aromatic N) is 1. The number of aliphatic carboxylic acids is 1. The Balaban J connectivity index is 1.79. The molecule has 3 rings (SSSR count). The molecule has 0 bridgehead atoms. The Bertz CT molecular complexity index is 820. The van der Waals surface area contributed by atoms with Crippen LogP contribution in [0.5, 0.6) is 0 Å². The number of anilines is 1. The summed E-state index contributed by atoms with van der Waals surface area (Å²) in [6.07, 6.45) is 1.12. The van der Waals surface area contributed by atoms with Crippen LogP contribution >= 0.6 is 0 Å². The molecule has 2 aromatic rings. The fourth-order valence-corrected chi connectivity index (χ4v) is 3.09. The lowest BCUT2D eigenvalue weighted by Gasteiger charge is -2.19. The van der Waals surface area contributed by atoms with E-state index in [4.69, 9.17) is 5.11 Å². The standard InChI is InChI=1S/C20H20N2O4/c23-18-10-5-11-22(18)16-9-4-8-15(12-16)20(26)21-17(13-19(24)25)14-6-2-1-3-7-14/h1-4,6-9,12,17H,5,10-11,13H2,(H,21,26)(H,24,25)/t17-/m1/s1. The van der Waals surface area contributed by atoms with Crippen LogP contribution in [0.4, 0.5) is 5.69 Å². The monoisotopic (exact) mass is 352 g/mol. The molecule has 2 aromatic carbocycles. The molecule has 134 valence electrons. The molecule has 1 aliphatic heterocycles. The molecule has 0 spiro atoms. The fourth-order valence-electron chi connectivity index (χ4n) is 3.09. The van der Waals surface area contributed by atoms with Gasteiger partial charge in [-0.15, -0.1) is 0 Å². The average Bonchev–Trinajstić information content (AvgIpc) is 3.07. The van der Waals surface area contributed by atoms with E-state index in [1.165, 1.54) is 0 Å². The van der Waals surface area contributed by atoms with Crippen molar-refractivity contribution < 1.29 is 19.5 Å². The smallest absolute Gasteiger partial charge is 0.305 e. The molecule has 1 saturated heterocycles. The molecule has 1 aliphatic rings. The maximum absolute atomic E-state index is 12.7. The van der Waals surface area contributed by atoms with E-state index < -0.39 is 12.0 Å². The van der Waals surface area contributed by atoms with Gasteiger partial charge >= 0.3 is 5.97 Å². The highest BCUT2D eigenvalue weighted by Crippen LogP contribution is 2.23. The van der Waals surface area contributed by atoms with Crippen molar-refractivity contribution in [2.24, 2.45) is 0 Å². The Morgan fingerprint density at radius 2 is 1.88 bits per heavy atom. The summed E-state index contributed by atoms with van der Waals surface area (Å²) in [6, 6.07) is 15.2. The minimum Gasteiger partial charge on any atom is -0.481 e. The van der Waals surface area contributed by atoms with Gasteiger partial charge in [0, 0.05) is 24.2 Å². The summed E-state index contributed by atoms with van der Waals surface area (Å²) in [5.41, 5.74) is 1.82. The summed E-state index contributed by atoms with van der Waals surface area (Å²) >= 11 is 0. The molecule has 0 aliphatic carbocycles. The van der Waals surface area contributed by atoms with Crippen LogP contribution in [0.1, 0.15) is 41.2 Å². The molecule has 1 heterocycles. The minimum absolute atomic E-state index is 0.0515. The van der Waals surface area contributed by atoms with Crippen molar-refractivity contribution in [1.29, 1.82) is 0 Å². The molecule has 2 amide bonds. The van der Waals surface area contributed by atoms with E-state index >= 15 is 0 Å². The van der Waals surface area contributed by atoms with Gasteiger partial charge in [0.25, 0.3) is 5.91 Å². The SMILES string of the molecule is O=C(O)C[C@@H](NC(=O)c1cccc(N2CCCC2=O)c1)c1ccccc1. The Hall–Kier alpha value is -3.15. The first kappa shape index (κ1) is 17.7. The van der Waals surface area contributed by atoms with Gasteiger partial charge in [-0.25, -0.2) is 0 Å². The van der Waals surface area contributed by atoms with Gasteiger partial charge in [-0.3, -0.25) is 14.4 Å². The Kier molecular flexibility index (Phi) is 5.31. The van der Waals surface area contributed by atoms with Gasteiger partial charge in [-0.2, -0.15) is 0 Å². The van der Waals surface area contributed by atoms with Gasteiger partial charge in [-0.1, -0.05) is 36.4 Å². The molecular weight excluding hydrogens is 332 g/mol. The van der Waals surface area contributed by atoms with Crippen LogP contribution in [0.3, 0.4) is 0 Å². The van der Waals surface area contributed by atoms with Crippen LogP contribution in [0.2, 0.25) is 0 Å². The van der Waals surface area contributed by atoms with Crippen LogP contribution in [0, 0.1) is 0 Å². The number of nitrogens with one attached hydrogen (secondary N) is 1. The summed E-state index contributed by atoms with van der Waals surface area (Å²) in [7, 11) is 0. The van der Waals surface area contributed by atoms with Crippen molar-refractivity contribution >= 4 is 23.5 Å². The minimum atomic E-state index is -0.990. The lowest BCUT2D eigenvalue weighted by Crippen LogP contribution is -2.30. The second kappa shape index (κ2) is 7.82. The number of carboxylic acid groups (broad SMARTS) is 1. The molecule has 2 N–H and O–H groups in total. The number of benzene rings is 2. The van der Waals surface area contributed by atoms with Gasteiger partial charge in [0.05, 0.1) is 12.5 Å². The van der Waals surface area contributed by atoms with Crippen LogP contribution in [0.25, 0.3) is 0 Å². The molecule has 6 nitrogen and oxygen atoms in total. The van der Waals surface area contributed by atoms with Crippen molar-refractivity contribution in [3.05, 3.63) is 65.7 Å². The highest BCUT2D eigenvalue weighted by atomic mass is 16.4. The van der Waals surface area contributed by atoms with Gasteiger partial charge in [0.2, 0.25) is 5.91 Å². The van der Waals surface area contributed by atoms with E-state index in [0.717, 1.165) is 12.0 Å². The predicted octanol–water partition coefficient (Wildman–Crippen LogP) is 2.76. The van der Waals surface area contributed by atoms with Crippen molar-refractivity contribution in [3.8, 4) is 0 Å². The molecule has 0 radical (unpaired) electrons. The average molecular weight is 352 g/mol. The zero-order valence-electron chi connectivity index (χ0n) is 14.2. The van der Waals surface area contributed by atoms with Crippen LogP contribution in [0.15, 0.2) is 54.6 Å². The highest BCUT2D eigenvalue weighted by Gasteiger charge is 2.23. The van der Waals surface area contributed by atoms with Crippen LogP contribution in [-0.4, -0.2) is 29.4 Å². The summed E-state index contributed by atoms with van der Waals surface area (Å²) in [5, 5.41) is 11.9. The first-order valence-corrected chi connectivity index (χ1v) is 8.52. The van der Waals surface area contributed by atoms with Gasteiger partial charge < -0.3 is 15.3 Å². The first-order valence-electron chi connectivity index (χ1n) is 8.52. The third kappa shape index (κ3) is 4.08. The van der Waals surface area contributed by atoms with Crippen molar-refractivity contribution in [2.45, 2.75) is 25.3 Å². The largest absolute Gasteiger partial charge is 0.481 e. The Morgan fingerprint density at radius 1 is 1.12 bits per heavy atom. The maximum atomic E-state index is 12.7. The zero-order valence-corrected chi connectivity index (χ0v) is 14.2. The fraction of sp³-hybridized carbons (Fsp3) is 0.250. The Labute approximate surface area is 151 Å². The third-order valence-corrected chi connectivity index (χ3v) is 4.38. The van der Waals surface area contributed by atoms with E-state index in [1.54, 1.807) is 53.4 Å². The van der Waals surface area contributed by atoms with Crippen molar-refractivity contribution in [3.63, 3.8) is 0 Å². The predicted molar refractivity (Wildman–Crippen MR) is 96.9 cm³/mol. The van der Waals surface area contributed by atoms with E-state index in [0.29, 0.717) is 24.2 Å². The number of hydrogen-bond acceptors (Lipinski definition) is 3. The van der Waals surface area contributed by atoms with Gasteiger partial charge in [0.1, 0.15) is 0 Å². The maximum Gasteiger partial charge on any atom is 0.305 e. The molecule has 0 aromatic heterocycles. The number of carboxylic acids is 1. The number of hydrogen-bond donors (Lipinski definition) is 2. The number of carbonyl (C=O) groups excluding carboxylic acids is 2. The second-order valence-electron chi connectivity index (χ2n) is 6.23. The lowest BCUT2D eigenvalue weighted by molar-refractivity contribution is -0.137. The van der Waals surface area contributed by atoms with E-state index in [-0.39, 0.29) is 18.2 Å². The van der Waals surface area contributed by atoms with Gasteiger partial charge in [0.15, 0.2) is 0 Å². The molecule has 1 fully saturated rings. The topological polar surface area (TPSA) is 86.7 Å². The number of carbonyl (C=O) groups is 3. The zero-order chi connectivity index (χ0) is 18.5. The highest BCUT2D eigenvalue weighted by molar-refractivity contribution is 5.99. The summed E-state index contributed by atoms with van der Waals surface area (Å²) in [5.74, 6) is -1.31. The molecule has 0 saturated carbocycles. The molecular formula is C20H20N2O4. The van der Waals surface area contributed by atoms with Crippen molar-refractivity contribution in [2.75, 3.05) is 11.4 Å². The van der Waals surface area contributed by atoms with Gasteiger partial charge in [-0.05, 0) is 30.2 Å². The first-order chi connectivity index (χ1) is 12.5. The summed E-state index contributed by atoms with van der Waals surface area (Å²) in [4.78, 5) is 37.4.